The Kier molecular flexibility index (Phi) is 7.40. The minimum absolute atomic E-state index is 0.0994. The summed E-state index contributed by atoms with van der Waals surface area (Å²) >= 11 is 8.91. The Bertz CT molecular complexity index is 1590. The fraction of sp³-hybridized carbons (Fsp3) is 0.154. The Morgan fingerprint density at radius 3 is 2.73 bits per heavy atom. The van der Waals surface area contributed by atoms with E-state index in [0.717, 1.165) is 20.8 Å². The van der Waals surface area contributed by atoms with Crippen LogP contribution in [0, 0.1) is 12.7 Å². The number of hydrogen-bond donors (Lipinski definition) is 1. The number of carbonyl (C=O) groups excluding carboxylic acids is 1. The van der Waals surface area contributed by atoms with Gasteiger partial charge in [0.1, 0.15) is 23.2 Å². The van der Waals surface area contributed by atoms with Crippen molar-refractivity contribution in [3.63, 3.8) is 0 Å². The highest BCUT2D eigenvalue weighted by Gasteiger charge is 2.14. The van der Waals surface area contributed by atoms with Crippen molar-refractivity contribution in [1.82, 2.24) is 19.7 Å². The third-order valence-electron chi connectivity index (χ3n) is 5.47. The minimum atomic E-state index is -0.438. The second-order valence-corrected chi connectivity index (χ2v) is 10.6. The lowest BCUT2D eigenvalue weighted by molar-refractivity contribution is -0.113. The SMILES string of the molecule is Cc1ccc2nc(-c3ccc(NC(=O)CSc4nnc(COc5ccc(F)cc5Cl)n4C)cc3)sc2c1. The first-order valence-corrected chi connectivity index (χ1v) is 13.4. The van der Waals surface area contributed by atoms with Gasteiger partial charge >= 0.3 is 0 Å². The number of nitrogens with zero attached hydrogens (tertiary/aromatic N) is 4. The maximum atomic E-state index is 13.2. The predicted octanol–water partition coefficient (Wildman–Crippen LogP) is 6.50. The zero-order valence-electron chi connectivity index (χ0n) is 19.9. The van der Waals surface area contributed by atoms with Gasteiger partial charge in [-0.05, 0) is 67.1 Å². The number of carbonyl (C=O) groups is 1. The molecule has 0 bridgehead atoms. The van der Waals surface area contributed by atoms with Gasteiger partial charge in [-0.3, -0.25) is 4.79 Å². The molecule has 37 heavy (non-hydrogen) atoms. The molecule has 0 aliphatic rings. The zero-order valence-corrected chi connectivity index (χ0v) is 22.3. The van der Waals surface area contributed by atoms with Crippen LogP contribution in [0.3, 0.4) is 0 Å². The lowest BCUT2D eigenvalue weighted by Gasteiger charge is -2.08. The molecule has 1 N–H and O–H groups in total. The Hall–Kier alpha value is -3.47. The molecule has 2 aromatic heterocycles. The summed E-state index contributed by atoms with van der Waals surface area (Å²) in [5.74, 6) is 0.461. The molecule has 0 atom stereocenters. The van der Waals surface area contributed by atoms with Crippen molar-refractivity contribution in [2.24, 2.45) is 7.05 Å². The second kappa shape index (κ2) is 10.9. The average molecular weight is 554 g/mol. The van der Waals surface area contributed by atoms with E-state index in [9.17, 15) is 9.18 Å². The molecule has 11 heteroatoms. The number of ether oxygens (including phenoxy) is 1. The lowest BCUT2D eigenvalue weighted by atomic mass is 10.2. The highest BCUT2D eigenvalue weighted by atomic mass is 35.5. The van der Waals surface area contributed by atoms with Crippen molar-refractivity contribution in [2.45, 2.75) is 18.7 Å². The summed E-state index contributed by atoms with van der Waals surface area (Å²) in [4.78, 5) is 17.2. The van der Waals surface area contributed by atoms with Crippen molar-refractivity contribution in [2.75, 3.05) is 11.1 Å². The van der Waals surface area contributed by atoms with Gasteiger partial charge in [-0.15, -0.1) is 21.5 Å². The molecular formula is C26H21ClFN5O2S2. The standard InChI is InChI=1S/C26H21ClFN5O2S2/c1-15-3-9-20-22(11-15)37-25(30-20)16-4-7-18(8-5-16)29-24(34)14-36-26-32-31-23(33(26)2)13-35-21-10-6-17(28)12-19(21)27/h3-12H,13-14H2,1-2H3,(H,29,34). The molecule has 0 radical (unpaired) electrons. The number of thiazole rings is 1. The van der Waals surface area contributed by atoms with Gasteiger partial charge in [0.05, 0.1) is 21.0 Å². The van der Waals surface area contributed by atoms with Gasteiger partial charge in [0, 0.05) is 18.3 Å². The normalized spacial score (nSPS) is 11.1. The van der Waals surface area contributed by atoms with Crippen LogP contribution >= 0.6 is 34.7 Å². The van der Waals surface area contributed by atoms with Crippen molar-refractivity contribution in [1.29, 1.82) is 0 Å². The molecule has 2 heterocycles. The second-order valence-electron chi connectivity index (χ2n) is 8.23. The summed E-state index contributed by atoms with van der Waals surface area (Å²) in [6, 6.07) is 17.8. The first kappa shape index (κ1) is 25.2. The number of amides is 1. The van der Waals surface area contributed by atoms with Crippen molar-refractivity contribution >= 4 is 56.5 Å². The highest BCUT2D eigenvalue weighted by molar-refractivity contribution is 7.99. The van der Waals surface area contributed by atoms with E-state index >= 15 is 0 Å². The Labute approximate surface area is 225 Å². The van der Waals surface area contributed by atoms with Gasteiger partial charge in [-0.1, -0.05) is 29.4 Å². The van der Waals surface area contributed by atoms with Crippen LogP contribution in [0.5, 0.6) is 5.75 Å². The molecular weight excluding hydrogens is 533 g/mol. The number of nitrogens with one attached hydrogen (secondary N) is 1. The molecule has 0 aliphatic heterocycles. The lowest BCUT2D eigenvalue weighted by Crippen LogP contribution is -2.14. The van der Waals surface area contributed by atoms with Crippen LogP contribution in [0.2, 0.25) is 5.02 Å². The molecule has 0 saturated carbocycles. The summed E-state index contributed by atoms with van der Waals surface area (Å²) in [5, 5.41) is 12.8. The fourth-order valence-corrected chi connectivity index (χ4v) is 5.53. The van der Waals surface area contributed by atoms with Crippen LogP contribution in [0.15, 0.2) is 65.8 Å². The molecule has 0 fully saturated rings. The quantitative estimate of drug-likeness (QED) is 0.221. The average Bonchev–Trinajstić information content (AvgIpc) is 3.45. The van der Waals surface area contributed by atoms with E-state index in [0.29, 0.717) is 22.4 Å². The number of anilines is 1. The van der Waals surface area contributed by atoms with Gasteiger partial charge in [-0.25, -0.2) is 9.37 Å². The third-order valence-corrected chi connectivity index (χ3v) is 7.85. The van der Waals surface area contributed by atoms with Crippen LogP contribution in [0.25, 0.3) is 20.8 Å². The van der Waals surface area contributed by atoms with E-state index in [1.54, 1.807) is 23.0 Å². The Morgan fingerprint density at radius 2 is 1.95 bits per heavy atom. The minimum Gasteiger partial charge on any atom is -0.484 e. The van der Waals surface area contributed by atoms with Gasteiger partial charge in [0.15, 0.2) is 11.0 Å². The summed E-state index contributed by atoms with van der Waals surface area (Å²) in [6.07, 6.45) is 0. The van der Waals surface area contributed by atoms with Gasteiger partial charge in [0.2, 0.25) is 5.91 Å². The molecule has 3 aromatic carbocycles. The van der Waals surface area contributed by atoms with E-state index in [-0.39, 0.29) is 23.3 Å². The number of rotatable bonds is 8. The Morgan fingerprint density at radius 1 is 1.14 bits per heavy atom. The predicted molar refractivity (Wildman–Crippen MR) is 146 cm³/mol. The summed E-state index contributed by atoms with van der Waals surface area (Å²) in [7, 11) is 1.78. The number of halogens is 2. The molecule has 0 saturated heterocycles. The monoisotopic (exact) mass is 553 g/mol. The summed E-state index contributed by atoms with van der Waals surface area (Å²) in [6.45, 7) is 2.17. The van der Waals surface area contributed by atoms with Crippen LogP contribution in [-0.4, -0.2) is 31.4 Å². The zero-order chi connectivity index (χ0) is 25.9. The number of thioether (sulfide) groups is 1. The third kappa shape index (κ3) is 5.93. The maximum Gasteiger partial charge on any atom is 0.234 e. The van der Waals surface area contributed by atoms with E-state index in [4.69, 9.17) is 21.3 Å². The van der Waals surface area contributed by atoms with E-state index < -0.39 is 5.82 Å². The molecule has 0 unspecified atom stereocenters. The molecule has 5 aromatic rings. The van der Waals surface area contributed by atoms with Crippen LogP contribution < -0.4 is 10.1 Å². The first-order valence-electron chi connectivity index (χ1n) is 11.2. The van der Waals surface area contributed by atoms with Crippen LogP contribution in [-0.2, 0) is 18.4 Å². The maximum absolute atomic E-state index is 13.2. The Balaban J connectivity index is 1.15. The smallest absolute Gasteiger partial charge is 0.234 e. The summed E-state index contributed by atoms with van der Waals surface area (Å²) in [5.41, 5.74) is 3.90. The topological polar surface area (TPSA) is 81.9 Å². The molecule has 1 amide bonds. The number of benzene rings is 3. The number of fused-ring (bicyclic) bond motifs is 1. The summed E-state index contributed by atoms with van der Waals surface area (Å²) < 4.78 is 21.7. The van der Waals surface area contributed by atoms with Crippen LogP contribution in [0.4, 0.5) is 10.1 Å². The van der Waals surface area contributed by atoms with Crippen molar-refractivity contribution < 1.29 is 13.9 Å². The highest BCUT2D eigenvalue weighted by Crippen LogP contribution is 2.31. The fourth-order valence-electron chi connectivity index (χ4n) is 3.51. The van der Waals surface area contributed by atoms with Crippen molar-refractivity contribution in [3.05, 3.63) is 82.9 Å². The molecule has 7 nitrogen and oxygen atoms in total. The first-order chi connectivity index (χ1) is 17.9. The largest absolute Gasteiger partial charge is 0.484 e. The van der Waals surface area contributed by atoms with Crippen molar-refractivity contribution in [3.8, 4) is 16.3 Å². The molecule has 0 aliphatic carbocycles. The number of hydrogen-bond acceptors (Lipinski definition) is 7. The van der Waals surface area contributed by atoms with E-state index in [1.165, 1.54) is 35.5 Å². The van der Waals surface area contributed by atoms with Gasteiger partial charge in [-0.2, -0.15) is 0 Å². The van der Waals surface area contributed by atoms with Gasteiger partial charge < -0.3 is 14.6 Å². The number of aryl methyl sites for hydroxylation is 1. The molecule has 188 valence electrons. The molecule has 5 rings (SSSR count). The van der Waals surface area contributed by atoms with E-state index in [1.807, 2.05) is 30.3 Å². The molecule has 0 spiro atoms. The van der Waals surface area contributed by atoms with Gasteiger partial charge in [0.25, 0.3) is 0 Å². The van der Waals surface area contributed by atoms with Crippen LogP contribution in [0.1, 0.15) is 11.4 Å². The van der Waals surface area contributed by atoms with E-state index in [2.05, 4.69) is 34.6 Å². The number of aromatic nitrogens is 4.